The van der Waals surface area contributed by atoms with Gasteiger partial charge in [0.1, 0.15) is 6.10 Å². The molecule has 0 saturated carbocycles. The molecule has 0 radical (unpaired) electrons. The standard InChI is InChI=1S/C22H23N3O4S/c1-13-3-4-14(2)20-19(13)24-22(30-20)29-16-7-9-25(10-8-16)21(26)23-15-5-6-17-18(11-15)28-12-27-17/h3-6,11,16H,7-10,12H2,1-2H3,(H,23,26). The number of aromatic nitrogens is 1. The van der Waals surface area contributed by atoms with Crippen LogP contribution in [-0.2, 0) is 0 Å². The highest BCUT2D eigenvalue weighted by molar-refractivity contribution is 7.20. The minimum Gasteiger partial charge on any atom is -0.467 e. The number of carbonyl (C=O) groups is 1. The molecule has 0 aliphatic carbocycles. The Morgan fingerprint density at radius 1 is 1.13 bits per heavy atom. The van der Waals surface area contributed by atoms with Crippen LogP contribution < -0.4 is 19.5 Å². The maximum absolute atomic E-state index is 12.6. The van der Waals surface area contributed by atoms with Gasteiger partial charge in [0.05, 0.1) is 10.2 Å². The van der Waals surface area contributed by atoms with Crippen LogP contribution in [0.25, 0.3) is 10.2 Å². The number of urea groups is 1. The van der Waals surface area contributed by atoms with Crippen molar-refractivity contribution in [1.82, 2.24) is 9.88 Å². The van der Waals surface area contributed by atoms with Gasteiger partial charge in [-0.15, -0.1) is 0 Å². The SMILES string of the molecule is Cc1ccc(C)c2sc(OC3CCN(C(=O)Nc4ccc5c(c4)OCO5)CC3)nc12. The van der Waals surface area contributed by atoms with Crippen LogP contribution in [0.2, 0.25) is 0 Å². The second-order valence-electron chi connectivity index (χ2n) is 7.66. The summed E-state index contributed by atoms with van der Waals surface area (Å²) >= 11 is 1.60. The topological polar surface area (TPSA) is 72.9 Å². The van der Waals surface area contributed by atoms with Crippen molar-refractivity contribution in [2.45, 2.75) is 32.8 Å². The van der Waals surface area contributed by atoms with Crippen molar-refractivity contribution in [1.29, 1.82) is 0 Å². The molecule has 30 heavy (non-hydrogen) atoms. The molecule has 2 aliphatic rings. The average Bonchev–Trinajstić information content (AvgIpc) is 3.38. The number of nitrogens with zero attached hydrogens (tertiary/aromatic N) is 2. The van der Waals surface area contributed by atoms with Crippen LogP contribution in [0.15, 0.2) is 30.3 Å². The average molecular weight is 426 g/mol. The van der Waals surface area contributed by atoms with Crippen molar-refractivity contribution < 1.29 is 19.0 Å². The Bertz CT molecular complexity index is 1070. The van der Waals surface area contributed by atoms with E-state index in [1.54, 1.807) is 23.5 Å². The summed E-state index contributed by atoms with van der Waals surface area (Å²) in [7, 11) is 0. The van der Waals surface area contributed by atoms with Crippen LogP contribution in [-0.4, -0.2) is 41.9 Å². The summed E-state index contributed by atoms with van der Waals surface area (Å²) in [6, 6.07) is 9.51. The van der Waals surface area contributed by atoms with E-state index in [4.69, 9.17) is 14.2 Å². The second-order valence-corrected chi connectivity index (χ2v) is 8.62. The molecule has 0 unspecified atom stereocenters. The summed E-state index contributed by atoms with van der Waals surface area (Å²) < 4.78 is 18.0. The van der Waals surface area contributed by atoms with E-state index in [0.29, 0.717) is 35.5 Å². The molecule has 3 heterocycles. The fourth-order valence-corrected chi connectivity index (χ4v) is 4.81. The number of amides is 2. The van der Waals surface area contributed by atoms with Crippen molar-refractivity contribution in [3.63, 3.8) is 0 Å². The van der Waals surface area contributed by atoms with Crippen LogP contribution in [0.1, 0.15) is 24.0 Å². The van der Waals surface area contributed by atoms with Crippen LogP contribution in [0.4, 0.5) is 10.5 Å². The summed E-state index contributed by atoms with van der Waals surface area (Å²) in [6.45, 7) is 5.67. The number of hydrogen-bond donors (Lipinski definition) is 1. The Kier molecular flexibility index (Phi) is 4.86. The van der Waals surface area contributed by atoms with Crippen LogP contribution in [0.5, 0.6) is 16.7 Å². The lowest BCUT2D eigenvalue weighted by Gasteiger charge is -2.31. The molecule has 3 aromatic rings. The molecule has 0 spiro atoms. The molecule has 8 heteroatoms. The second kappa shape index (κ2) is 7.68. The molecule has 7 nitrogen and oxygen atoms in total. The number of carbonyl (C=O) groups excluding carboxylic acids is 1. The Morgan fingerprint density at radius 2 is 1.90 bits per heavy atom. The molecule has 1 aromatic heterocycles. The van der Waals surface area contributed by atoms with E-state index in [1.807, 2.05) is 11.0 Å². The predicted molar refractivity (Wildman–Crippen MR) is 116 cm³/mol. The van der Waals surface area contributed by atoms with Crippen molar-refractivity contribution in [3.05, 3.63) is 41.5 Å². The summed E-state index contributed by atoms with van der Waals surface area (Å²) in [5, 5.41) is 3.65. The first kappa shape index (κ1) is 19.0. The highest BCUT2D eigenvalue weighted by Crippen LogP contribution is 2.35. The fraction of sp³-hybridized carbons (Fsp3) is 0.364. The quantitative estimate of drug-likeness (QED) is 0.658. The molecular formula is C22H23N3O4S. The Labute approximate surface area is 178 Å². The van der Waals surface area contributed by atoms with Gasteiger partial charge in [0, 0.05) is 37.7 Å². The number of ether oxygens (including phenoxy) is 3. The highest BCUT2D eigenvalue weighted by atomic mass is 32.1. The van der Waals surface area contributed by atoms with Gasteiger partial charge in [-0.25, -0.2) is 9.78 Å². The summed E-state index contributed by atoms with van der Waals surface area (Å²) in [5.74, 6) is 1.35. The highest BCUT2D eigenvalue weighted by Gasteiger charge is 2.25. The third-order valence-electron chi connectivity index (χ3n) is 5.54. The van der Waals surface area contributed by atoms with Crippen LogP contribution in [0, 0.1) is 13.8 Å². The van der Waals surface area contributed by atoms with Crippen LogP contribution in [0.3, 0.4) is 0 Å². The smallest absolute Gasteiger partial charge is 0.321 e. The third kappa shape index (κ3) is 3.63. The predicted octanol–water partition coefficient (Wildman–Crippen LogP) is 4.72. The van der Waals surface area contributed by atoms with Crippen molar-refractivity contribution in [3.8, 4) is 16.7 Å². The van der Waals surface area contributed by atoms with Gasteiger partial charge in [0.2, 0.25) is 6.79 Å². The molecule has 2 amide bonds. The minimum atomic E-state index is -0.112. The van der Waals surface area contributed by atoms with Gasteiger partial charge in [-0.2, -0.15) is 0 Å². The van der Waals surface area contributed by atoms with Crippen molar-refractivity contribution in [2.75, 3.05) is 25.2 Å². The molecule has 2 aromatic carbocycles. The van der Waals surface area contributed by atoms with Gasteiger partial charge < -0.3 is 24.4 Å². The van der Waals surface area contributed by atoms with Gasteiger partial charge in [-0.05, 0) is 37.1 Å². The number of benzene rings is 2. The lowest BCUT2D eigenvalue weighted by molar-refractivity contribution is 0.115. The minimum absolute atomic E-state index is 0.0702. The number of nitrogens with one attached hydrogen (secondary N) is 1. The van der Waals surface area contributed by atoms with E-state index in [1.165, 1.54) is 10.3 Å². The maximum Gasteiger partial charge on any atom is 0.321 e. The molecule has 0 bridgehead atoms. The first-order valence-corrected chi connectivity index (χ1v) is 10.9. The zero-order valence-corrected chi connectivity index (χ0v) is 17.8. The van der Waals surface area contributed by atoms with Gasteiger partial charge in [-0.1, -0.05) is 23.5 Å². The molecule has 5 rings (SSSR count). The number of aryl methyl sites for hydroxylation is 2. The molecule has 0 atom stereocenters. The zero-order chi connectivity index (χ0) is 20.7. The normalized spacial score (nSPS) is 16.1. The lowest BCUT2D eigenvalue weighted by Crippen LogP contribution is -2.43. The molecular weight excluding hydrogens is 402 g/mol. The molecule has 1 N–H and O–H groups in total. The first-order chi connectivity index (χ1) is 14.6. The largest absolute Gasteiger partial charge is 0.467 e. The first-order valence-electron chi connectivity index (χ1n) is 10.1. The molecule has 1 saturated heterocycles. The number of fused-ring (bicyclic) bond motifs is 2. The summed E-state index contributed by atoms with van der Waals surface area (Å²) in [4.78, 5) is 19.1. The zero-order valence-electron chi connectivity index (χ0n) is 16.9. The number of likely N-dealkylation sites (tertiary alicyclic amines) is 1. The van der Waals surface area contributed by atoms with E-state index in [0.717, 1.165) is 23.9 Å². The van der Waals surface area contributed by atoms with E-state index >= 15 is 0 Å². The Balaban J connectivity index is 1.18. The van der Waals surface area contributed by atoms with Crippen LogP contribution >= 0.6 is 11.3 Å². The number of anilines is 1. The molecule has 2 aliphatic heterocycles. The lowest BCUT2D eigenvalue weighted by atomic mass is 10.1. The number of piperidine rings is 1. The summed E-state index contributed by atoms with van der Waals surface area (Å²) in [5.41, 5.74) is 4.10. The van der Waals surface area contributed by atoms with E-state index < -0.39 is 0 Å². The van der Waals surface area contributed by atoms with Crippen molar-refractivity contribution >= 4 is 33.3 Å². The molecule has 156 valence electrons. The fourth-order valence-electron chi connectivity index (χ4n) is 3.79. The van der Waals surface area contributed by atoms with Gasteiger partial charge in [0.15, 0.2) is 11.5 Å². The van der Waals surface area contributed by atoms with Gasteiger partial charge in [-0.3, -0.25) is 0 Å². The van der Waals surface area contributed by atoms with E-state index in [2.05, 4.69) is 36.3 Å². The van der Waals surface area contributed by atoms with E-state index in [9.17, 15) is 4.79 Å². The summed E-state index contributed by atoms with van der Waals surface area (Å²) in [6.07, 6.45) is 1.63. The van der Waals surface area contributed by atoms with Crippen molar-refractivity contribution in [2.24, 2.45) is 0 Å². The third-order valence-corrected chi connectivity index (χ3v) is 6.62. The molecule has 1 fully saturated rings. The number of thiazole rings is 1. The number of rotatable bonds is 3. The Morgan fingerprint density at radius 3 is 2.70 bits per heavy atom. The monoisotopic (exact) mass is 425 g/mol. The van der Waals surface area contributed by atoms with E-state index in [-0.39, 0.29) is 18.9 Å². The van der Waals surface area contributed by atoms with Gasteiger partial charge in [0.25, 0.3) is 5.19 Å². The van der Waals surface area contributed by atoms with Gasteiger partial charge >= 0.3 is 6.03 Å². The number of hydrogen-bond acceptors (Lipinski definition) is 6. The maximum atomic E-state index is 12.6. The Hall–Kier alpha value is -3.00.